The van der Waals surface area contributed by atoms with Gasteiger partial charge in [0, 0.05) is 18.3 Å². The Morgan fingerprint density at radius 1 is 1.25 bits per heavy atom. The molecule has 1 spiro atoms. The lowest BCUT2D eigenvalue weighted by atomic mass is 9.71. The predicted molar refractivity (Wildman–Crippen MR) is 143 cm³/mol. The van der Waals surface area contributed by atoms with Crippen molar-refractivity contribution < 1.29 is 24.2 Å². The van der Waals surface area contributed by atoms with Crippen LogP contribution in [0.1, 0.15) is 71.6 Å². The van der Waals surface area contributed by atoms with Gasteiger partial charge in [-0.15, -0.1) is 24.9 Å². The van der Waals surface area contributed by atoms with Crippen molar-refractivity contribution in [2.45, 2.75) is 93.7 Å². The van der Waals surface area contributed by atoms with Gasteiger partial charge in [-0.25, -0.2) is 0 Å². The van der Waals surface area contributed by atoms with Crippen molar-refractivity contribution in [1.82, 2.24) is 9.80 Å². The fourth-order valence-corrected chi connectivity index (χ4v) is 8.47. The highest BCUT2D eigenvalue weighted by Crippen LogP contribution is 2.67. The maximum absolute atomic E-state index is 14.2. The second-order valence-corrected chi connectivity index (χ2v) is 11.9. The summed E-state index contributed by atoms with van der Waals surface area (Å²) in [5.41, 5.74) is 0. The number of carbonyl (C=O) groups excluding carboxylic acids is 3. The molecule has 2 bridgehead atoms. The molecule has 0 aromatic heterocycles. The highest BCUT2D eigenvalue weighted by atomic mass is 32.2. The van der Waals surface area contributed by atoms with Crippen LogP contribution in [-0.2, 0) is 19.1 Å². The normalized spacial score (nSPS) is 29.2. The van der Waals surface area contributed by atoms with E-state index in [1.165, 1.54) is 0 Å². The van der Waals surface area contributed by atoms with Crippen molar-refractivity contribution in [3.8, 4) is 0 Å². The first-order valence-corrected chi connectivity index (χ1v) is 14.6. The summed E-state index contributed by atoms with van der Waals surface area (Å²) in [5.74, 6) is -1.70. The number of aliphatic hydroxyl groups is 1. The van der Waals surface area contributed by atoms with Gasteiger partial charge in [-0.05, 0) is 44.9 Å². The van der Waals surface area contributed by atoms with E-state index < -0.39 is 28.7 Å². The summed E-state index contributed by atoms with van der Waals surface area (Å²) in [6.45, 7) is 12.8. The van der Waals surface area contributed by atoms with E-state index in [0.29, 0.717) is 32.5 Å². The van der Waals surface area contributed by atoms with Gasteiger partial charge < -0.3 is 19.6 Å². The maximum atomic E-state index is 14.2. The first-order chi connectivity index (χ1) is 17.4. The van der Waals surface area contributed by atoms with Crippen molar-refractivity contribution >= 4 is 29.5 Å². The van der Waals surface area contributed by atoms with Crippen molar-refractivity contribution in [3.63, 3.8) is 0 Å². The van der Waals surface area contributed by atoms with Crippen LogP contribution in [0.3, 0.4) is 0 Å². The van der Waals surface area contributed by atoms with E-state index in [1.54, 1.807) is 22.7 Å². The van der Waals surface area contributed by atoms with E-state index >= 15 is 0 Å². The highest BCUT2D eigenvalue weighted by Gasteiger charge is 2.74. The average molecular weight is 521 g/mol. The Morgan fingerprint density at radius 2 is 2.03 bits per heavy atom. The number of carbonyl (C=O) groups is 3. The minimum Gasteiger partial charge on any atom is -0.465 e. The SMILES string of the molecule is C=CCCCCOC(=O)[C@@H]1[C@H]2C(=O)N([C@@H](CC)CO)C(C(=O)N(CC=C)CCCCC)C23CC[C@H]1S3. The number of aliphatic hydroxyl groups excluding tert-OH is 1. The molecule has 2 unspecified atom stereocenters. The lowest BCUT2D eigenvalue weighted by Crippen LogP contribution is -2.57. The van der Waals surface area contributed by atoms with E-state index in [4.69, 9.17) is 4.74 Å². The van der Waals surface area contributed by atoms with E-state index in [0.717, 1.165) is 44.9 Å². The predicted octanol–water partition coefficient (Wildman–Crippen LogP) is 3.95. The molecule has 0 saturated carbocycles. The van der Waals surface area contributed by atoms with E-state index in [9.17, 15) is 19.5 Å². The number of hydrogen-bond donors (Lipinski definition) is 1. The van der Waals surface area contributed by atoms with Crippen LogP contribution in [0.5, 0.6) is 0 Å². The van der Waals surface area contributed by atoms with Crippen LogP contribution >= 0.6 is 11.8 Å². The molecule has 3 rings (SSSR count). The molecule has 2 amide bonds. The van der Waals surface area contributed by atoms with E-state index in [2.05, 4.69) is 20.1 Å². The van der Waals surface area contributed by atoms with Gasteiger partial charge >= 0.3 is 5.97 Å². The smallest absolute Gasteiger partial charge is 0.310 e. The second kappa shape index (κ2) is 13.1. The Hall–Kier alpha value is -1.80. The molecular weight excluding hydrogens is 476 g/mol. The summed E-state index contributed by atoms with van der Waals surface area (Å²) in [4.78, 5) is 44.9. The Kier molecular flexibility index (Phi) is 10.5. The molecule has 36 heavy (non-hydrogen) atoms. The molecule has 202 valence electrons. The molecule has 6 atom stereocenters. The van der Waals surface area contributed by atoms with Crippen molar-refractivity contribution in [1.29, 1.82) is 0 Å². The molecular formula is C28H44N2O5S. The number of likely N-dealkylation sites (tertiary alicyclic amines) is 1. The van der Waals surface area contributed by atoms with Gasteiger partial charge in [-0.2, -0.15) is 0 Å². The zero-order valence-corrected chi connectivity index (χ0v) is 22.8. The number of esters is 1. The first-order valence-electron chi connectivity index (χ1n) is 13.7. The molecule has 0 aromatic rings. The third-order valence-corrected chi connectivity index (χ3v) is 10.0. The zero-order valence-electron chi connectivity index (χ0n) is 22.0. The fraction of sp³-hybridized carbons (Fsp3) is 0.750. The van der Waals surface area contributed by atoms with Crippen LogP contribution in [0, 0.1) is 11.8 Å². The number of ether oxygens (including phenoxy) is 1. The van der Waals surface area contributed by atoms with Gasteiger partial charge in [0.2, 0.25) is 11.8 Å². The van der Waals surface area contributed by atoms with Gasteiger partial charge in [-0.1, -0.05) is 38.8 Å². The molecule has 3 saturated heterocycles. The lowest BCUT2D eigenvalue weighted by molar-refractivity contribution is -0.154. The summed E-state index contributed by atoms with van der Waals surface area (Å²) in [6, 6.07) is -1.14. The largest absolute Gasteiger partial charge is 0.465 e. The van der Waals surface area contributed by atoms with Gasteiger partial charge in [0.25, 0.3) is 0 Å². The van der Waals surface area contributed by atoms with Crippen LogP contribution in [-0.4, -0.2) is 81.1 Å². The third kappa shape index (κ3) is 5.40. The number of hydrogen-bond acceptors (Lipinski definition) is 6. The topological polar surface area (TPSA) is 87.1 Å². The summed E-state index contributed by atoms with van der Waals surface area (Å²) < 4.78 is 5.00. The number of fused-ring (bicyclic) bond motifs is 1. The summed E-state index contributed by atoms with van der Waals surface area (Å²) in [7, 11) is 0. The number of nitrogens with zero attached hydrogens (tertiary/aromatic N) is 2. The minimum atomic E-state index is -0.686. The second-order valence-electron chi connectivity index (χ2n) is 10.3. The third-order valence-electron chi connectivity index (χ3n) is 8.06. The summed E-state index contributed by atoms with van der Waals surface area (Å²) in [6.07, 6.45) is 11.1. The molecule has 7 nitrogen and oxygen atoms in total. The maximum Gasteiger partial charge on any atom is 0.310 e. The van der Waals surface area contributed by atoms with Gasteiger partial charge in [0.05, 0.1) is 35.8 Å². The standard InChI is InChI=1S/C28H44N2O5S/c1-5-9-11-13-18-35-27(34)22-21-14-15-28(36-21)23(22)25(32)30(20(8-4)19-31)24(28)26(33)29(16-7-3)17-12-10-6-2/h5,7,20-24,31H,1,3,6,8-19H2,2,4H3/t20-,21+,22-,23-,24?,28?/m0/s1. The molecule has 8 heteroatoms. The number of allylic oxidation sites excluding steroid dienone is 1. The number of thioether (sulfide) groups is 1. The van der Waals surface area contributed by atoms with Crippen molar-refractivity contribution in [3.05, 3.63) is 25.3 Å². The number of amides is 2. The number of unbranched alkanes of at least 4 members (excludes halogenated alkanes) is 4. The Morgan fingerprint density at radius 3 is 2.67 bits per heavy atom. The van der Waals surface area contributed by atoms with Gasteiger partial charge in [0.1, 0.15) is 6.04 Å². The Labute approximate surface area is 220 Å². The average Bonchev–Trinajstić information content (AvgIpc) is 3.51. The molecule has 3 aliphatic heterocycles. The molecule has 0 aliphatic carbocycles. The van der Waals surface area contributed by atoms with Crippen LogP contribution in [0.15, 0.2) is 25.3 Å². The molecule has 3 heterocycles. The Bertz CT molecular complexity index is 816. The van der Waals surface area contributed by atoms with E-state index in [-0.39, 0.29) is 29.6 Å². The zero-order chi connectivity index (χ0) is 26.3. The van der Waals surface area contributed by atoms with Crippen LogP contribution < -0.4 is 0 Å². The Balaban J connectivity index is 1.90. The quantitative estimate of drug-likeness (QED) is 0.188. The first kappa shape index (κ1) is 28.8. The molecule has 1 N–H and O–H groups in total. The fourth-order valence-electron chi connectivity index (χ4n) is 6.28. The summed E-state index contributed by atoms with van der Waals surface area (Å²) in [5, 5.41) is 10.2. The molecule has 3 aliphatic rings. The van der Waals surface area contributed by atoms with Crippen LogP contribution in [0.4, 0.5) is 0 Å². The van der Waals surface area contributed by atoms with Crippen molar-refractivity contribution in [2.75, 3.05) is 26.3 Å². The molecule has 3 fully saturated rings. The van der Waals surface area contributed by atoms with E-state index in [1.807, 2.05) is 17.9 Å². The van der Waals surface area contributed by atoms with Crippen LogP contribution in [0.25, 0.3) is 0 Å². The monoisotopic (exact) mass is 520 g/mol. The van der Waals surface area contributed by atoms with Crippen molar-refractivity contribution in [2.24, 2.45) is 11.8 Å². The van der Waals surface area contributed by atoms with Gasteiger partial charge in [0.15, 0.2) is 0 Å². The minimum absolute atomic E-state index is 0.0146. The summed E-state index contributed by atoms with van der Waals surface area (Å²) >= 11 is 1.65. The molecule has 0 radical (unpaired) electrons. The molecule has 0 aromatic carbocycles. The van der Waals surface area contributed by atoms with Gasteiger partial charge in [-0.3, -0.25) is 14.4 Å². The van der Waals surface area contributed by atoms with Crippen LogP contribution in [0.2, 0.25) is 0 Å². The highest BCUT2D eigenvalue weighted by molar-refractivity contribution is 8.02. The number of rotatable bonds is 16. The lowest BCUT2D eigenvalue weighted by Gasteiger charge is -2.39.